The van der Waals surface area contributed by atoms with Crippen molar-refractivity contribution in [3.63, 3.8) is 0 Å². The fraction of sp³-hybridized carbons (Fsp3) is 0.611. The van der Waals surface area contributed by atoms with Crippen LogP contribution in [-0.2, 0) is 4.79 Å². The summed E-state index contributed by atoms with van der Waals surface area (Å²) in [6.07, 6.45) is 4.19. The Balaban J connectivity index is 2.41. The number of hydrogen-bond acceptors (Lipinski definition) is 3. The van der Waals surface area contributed by atoms with E-state index in [9.17, 15) is 4.79 Å². The Morgan fingerprint density at radius 3 is 2.23 bits per heavy atom. The second-order valence-electron chi connectivity index (χ2n) is 5.46. The number of carbonyl (C=O) groups excluding carboxylic acids is 1. The van der Waals surface area contributed by atoms with Crippen LogP contribution in [0.1, 0.15) is 46.5 Å². The van der Waals surface area contributed by atoms with Crippen molar-refractivity contribution in [1.29, 1.82) is 0 Å². The lowest BCUT2D eigenvalue weighted by atomic mass is 10.3. The Bertz CT molecular complexity index is 412. The molecule has 0 spiro atoms. The van der Waals surface area contributed by atoms with Gasteiger partial charge in [0, 0.05) is 18.8 Å². The maximum atomic E-state index is 12.2. The lowest BCUT2D eigenvalue weighted by molar-refractivity contribution is -0.129. The van der Waals surface area contributed by atoms with E-state index in [0.29, 0.717) is 6.54 Å². The molecule has 0 radical (unpaired) electrons. The molecule has 0 unspecified atom stereocenters. The molecule has 124 valence electrons. The lowest BCUT2D eigenvalue weighted by Gasteiger charge is -2.21. The summed E-state index contributed by atoms with van der Waals surface area (Å²) in [5.74, 6) is 1.04. The van der Waals surface area contributed by atoms with Crippen LogP contribution in [0, 0.1) is 0 Å². The number of rotatable bonds is 11. The van der Waals surface area contributed by atoms with E-state index in [1.54, 1.807) is 0 Å². The molecule has 0 aromatic heterocycles. The monoisotopic (exact) mass is 306 g/mol. The molecule has 1 aromatic carbocycles. The maximum Gasteiger partial charge on any atom is 0.241 e. The molecule has 0 atom stereocenters. The molecule has 1 N–H and O–H groups in total. The number of benzene rings is 1. The van der Waals surface area contributed by atoms with E-state index >= 15 is 0 Å². The second-order valence-corrected chi connectivity index (χ2v) is 5.46. The summed E-state index contributed by atoms with van der Waals surface area (Å²) in [5.41, 5.74) is 0.948. The first-order chi connectivity index (χ1) is 10.7. The van der Waals surface area contributed by atoms with Crippen LogP contribution in [0.5, 0.6) is 5.75 Å². The third-order valence-corrected chi connectivity index (χ3v) is 3.40. The largest absolute Gasteiger partial charge is 0.494 e. The minimum Gasteiger partial charge on any atom is -0.494 e. The standard InChI is InChI=1S/C18H30N2O2/c1-4-7-14-22-17-10-8-16(9-11-17)19-15-18(21)20(12-5-2)13-6-3/h8-11,19H,4-7,12-15H2,1-3H3. The average molecular weight is 306 g/mol. The molecule has 0 bridgehead atoms. The van der Waals surface area contributed by atoms with Crippen LogP contribution < -0.4 is 10.1 Å². The van der Waals surface area contributed by atoms with Gasteiger partial charge in [0.25, 0.3) is 0 Å². The zero-order chi connectivity index (χ0) is 16.2. The smallest absolute Gasteiger partial charge is 0.241 e. The molecule has 0 saturated heterocycles. The Morgan fingerprint density at radius 2 is 1.68 bits per heavy atom. The highest BCUT2D eigenvalue weighted by molar-refractivity contribution is 5.80. The maximum absolute atomic E-state index is 12.2. The Kier molecular flexibility index (Phi) is 9.12. The van der Waals surface area contributed by atoms with Gasteiger partial charge in [-0.05, 0) is 43.5 Å². The first-order valence-corrected chi connectivity index (χ1v) is 8.45. The van der Waals surface area contributed by atoms with E-state index in [4.69, 9.17) is 4.74 Å². The third kappa shape index (κ3) is 6.83. The number of ether oxygens (including phenoxy) is 1. The number of carbonyl (C=O) groups is 1. The minimum atomic E-state index is 0.159. The van der Waals surface area contributed by atoms with Gasteiger partial charge >= 0.3 is 0 Å². The van der Waals surface area contributed by atoms with Gasteiger partial charge in [-0.15, -0.1) is 0 Å². The predicted octanol–water partition coefficient (Wildman–Crippen LogP) is 3.93. The first kappa shape index (κ1) is 18.3. The Labute approximate surface area is 134 Å². The molecule has 0 fully saturated rings. The topological polar surface area (TPSA) is 41.6 Å². The van der Waals surface area contributed by atoms with Gasteiger partial charge in [-0.25, -0.2) is 0 Å². The van der Waals surface area contributed by atoms with Crippen molar-refractivity contribution < 1.29 is 9.53 Å². The average Bonchev–Trinajstić information content (AvgIpc) is 2.54. The molecular weight excluding hydrogens is 276 g/mol. The normalized spacial score (nSPS) is 10.3. The fourth-order valence-electron chi connectivity index (χ4n) is 2.19. The van der Waals surface area contributed by atoms with Crippen molar-refractivity contribution in [2.24, 2.45) is 0 Å². The highest BCUT2D eigenvalue weighted by atomic mass is 16.5. The number of unbranched alkanes of at least 4 members (excludes halogenated alkanes) is 1. The molecule has 0 saturated carbocycles. The summed E-state index contributed by atoms with van der Waals surface area (Å²) >= 11 is 0. The van der Waals surface area contributed by atoms with E-state index in [2.05, 4.69) is 26.1 Å². The predicted molar refractivity (Wildman–Crippen MR) is 92.5 cm³/mol. The van der Waals surface area contributed by atoms with E-state index in [0.717, 1.165) is 56.8 Å². The van der Waals surface area contributed by atoms with Crippen LogP contribution in [0.15, 0.2) is 24.3 Å². The summed E-state index contributed by atoms with van der Waals surface area (Å²) in [5, 5.41) is 3.19. The first-order valence-electron chi connectivity index (χ1n) is 8.45. The summed E-state index contributed by atoms with van der Waals surface area (Å²) < 4.78 is 5.63. The molecule has 0 aliphatic rings. The van der Waals surface area contributed by atoms with E-state index in [-0.39, 0.29) is 5.91 Å². The molecule has 1 aromatic rings. The molecular formula is C18H30N2O2. The van der Waals surface area contributed by atoms with Gasteiger partial charge in [0.05, 0.1) is 13.2 Å². The molecule has 0 aliphatic heterocycles. The minimum absolute atomic E-state index is 0.159. The highest BCUT2D eigenvalue weighted by Gasteiger charge is 2.10. The highest BCUT2D eigenvalue weighted by Crippen LogP contribution is 2.16. The van der Waals surface area contributed by atoms with Crippen LogP contribution in [0.4, 0.5) is 5.69 Å². The number of amides is 1. The summed E-state index contributed by atoms with van der Waals surface area (Å²) in [6.45, 7) is 9.10. The summed E-state index contributed by atoms with van der Waals surface area (Å²) in [4.78, 5) is 14.1. The Hall–Kier alpha value is -1.71. The van der Waals surface area contributed by atoms with Crippen LogP contribution in [0.3, 0.4) is 0 Å². The molecule has 22 heavy (non-hydrogen) atoms. The van der Waals surface area contributed by atoms with Gasteiger partial charge in [0.1, 0.15) is 5.75 Å². The zero-order valence-electron chi connectivity index (χ0n) is 14.2. The van der Waals surface area contributed by atoms with Crippen LogP contribution in [0.2, 0.25) is 0 Å². The van der Waals surface area contributed by atoms with E-state index in [1.807, 2.05) is 29.2 Å². The molecule has 1 rings (SSSR count). The molecule has 4 heteroatoms. The molecule has 0 heterocycles. The van der Waals surface area contributed by atoms with Gasteiger partial charge < -0.3 is 15.0 Å². The number of nitrogens with one attached hydrogen (secondary N) is 1. The Morgan fingerprint density at radius 1 is 1.05 bits per heavy atom. The van der Waals surface area contributed by atoms with Crippen LogP contribution in [0.25, 0.3) is 0 Å². The number of anilines is 1. The van der Waals surface area contributed by atoms with Crippen molar-refractivity contribution in [1.82, 2.24) is 4.90 Å². The number of hydrogen-bond donors (Lipinski definition) is 1. The summed E-state index contributed by atoms with van der Waals surface area (Å²) in [6, 6.07) is 7.80. The van der Waals surface area contributed by atoms with Gasteiger partial charge in [-0.3, -0.25) is 4.79 Å². The van der Waals surface area contributed by atoms with Gasteiger partial charge in [-0.1, -0.05) is 27.2 Å². The van der Waals surface area contributed by atoms with Gasteiger partial charge in [-0.2, -0.15) is 0 Å². The fourth-order valence-corrected chi connectivity index (χ4v) is 2.19. The molecule has 0 aliphatic carbocycles. The van der Waals surface area contributed by atoms with Crippen molar-refractivity contribution >= 4 is 11.6 Å². The summed E-state index contributed by atoms with van der Waals surface area (Å²) in [7, 11) is 0. The number of nitrogens with zero attached hydrogens (tertiary/aromatic N) is 1. The van der Waals surface area contributed by atoms with Crippen molar-refractivity contribution in [2.45, 2.75) is 46.5 Å². The molecule has 4 nitrogen and oxygen atoms in total. The quantitative estimate of drug-likeness (QED) is 0.630. The van der Waals surface area contributed by atoms with Crippen molar-refractivity contribution in [3.05, 3.63) is 24.3 Å². The zero-order valence-corrected chi connectivity index (χ0v) is 14.2. The SMILES string of the molecule is CCCCOc1ccc(NCC(=O)N(CCC)CCC)cc1. The van der Waals surface area contributed by atoms with E-state index < -0.39 is 0 Å². The third-order valence-electron chi connectivity index (χ3n) is 3.40. The van der Waals surface area contributed by atoms with Gasteiger partial charge in [0.2, 0.25) is 5.91 Å². The van der Waals surface area contributed by atoms with Crippen LogP contribution >= 0.6 is 0 Å². The van der Waals surface area contributed by atoms with Crippen molar-refractivity contribution in [3.8, 4) is 5.75 Å². The van der Waals surface area contributed by atoms with Crippen molar-refractivity contribution in [2.75, 3.05) is 31.6 Å². The molecule has 1 amide bonds. The second kappa shape index (κ2) is 10.9. The van der Waals surface area contributed by atoms with E-state index in [1.165, 1.54) is 0 Å². The lowest BCUT2D eigenvalue weighted by Crippen LogP contribution is -2.36. The van der Waals surface area contributed by atoms with Gasteiger partial charge in [0.15, 0.2) is 0 Å². The van der Waals surface area contributed by atoms with Crippen LogP contribution in [-0.4, -0.2) is 37.0 Å².